The summed E-state index contributed by atoms with van der Waals surface area (Å²) in [5.41, 5.74) is 0.275. The van der Waals surface area contributed by atoms with Crippen LogP contribution in [-0.4, -0.2) is 11.5 Å². The van der Waals surface area contributed by atoms with E-state index in [-0.39, 0.29) is 0 Å². The molecule has 0 unspecified atom stereocenters. The van der Waals surface area contributed by atoms with Gasteiger partial charge in [-0.15, -0.1) is 0 Å². The van der Waals surface area contributed by atoms with E-state index in [1.165, 1.54) is 12.5 Å². The van der Waals surface area contributed by atoms with Crippen LogP contribution in [0.3, 0.4) is 0 Å². The van der Waals surface area contributed by atoms with Gasteiger partial charge in [0.05, 0.1) is 5.56 Å². The summed E-state index contributed by atoms with van der Waals surface area (Å²) >= 11 is 0. The van der Waals surface area contributed by atoms with Crippen molar-refractivity contribution >= 4 is 0 Å². The van der Waals surface area contributed by atoms with E-state index in [0.29, 0.717) is 23.6 Å². The van der Waals surface area contributed by atoms with Crippen molar-refractivity contribution in [3.05, 3.63) is 41.9 Å². The molecule has 0 atom stereocenters. The molecule has 0 aliphatic rings. The SMILES string of the molecule is CCNCc1ncoc1-c1cccc(C(F)(F)F)c1. The largest absolute Gasteiger partial charge is 0.443 e. The maximum absolute atomic E-state index is 12.7. The van der Waals surface area contributed by atoms with Crippen molar-refractivity contribution in [3.63, 3.8) is 0 Å². The van der Waals surface area contributed by atoms with E-state index in [0.717, 1.165) is 18.7 Å². The Morgan fingerprint density at radius 2 is 2.11 bits per heavy atom. The lowest BCUT2D eigenvalue weighted by Crippen LogP contribution is -2.12. The van der Waals surface area contributed by atoms with Gasteiger partial charge < -0.3 is 9.73 Å². The van der Waals surface area contributed by atoms with Crippen LogP contribution >= 0.6 is 0 Å². The highest BCUT2D eigenvalue weighted by molar-refractivity contribution is 5.60. The molecule has 2 rings (SSSR count). The lowest BCUT2D eigenvalue weighted by Gasteiger charge is -2.08. The van der Waals surface area contributed by atoms with E-state index in [1.807, 2.05) is 6.92 Å². The Balaban J connectivity index is 2.34. The molecule has 0 saturated carbocycles. The molecule has 0 saturated heterocycles. The van der Waals surface area contributed by atoms with Gasteiger partial charge in [0.25, 0.3) is 0 Å². The lowest BCUT2D eigenvalue weighted by atomic mass is 10.1. The number of hydrogen-bond donors (Lipinski definition) is 1. The maximum Gasteiger partial charge on any atom is 0.416 e. The molecule has 0 aliphatic heterocycles. The van der Waals surface area contributed by atoms with Gasteiger partial charge in [-0.3, -0.25) is 0 Å². The van der Waals surface area contributed by atoms with Gasteiger partial charge in [-0.05, 0) is 18.7 Å². The number of nitrogens with zero attached hydrogens (tertiary/aromatic N) is 1. The van der Waals surface area contributed by atoms with Crippen LogP contribution in [0.2, 0.25) is 0 Å². The third-order valence-corrected chi connectivity index (χ3v) is 2.64. The quantitative estimate of drug-likeness (QED) is 0.924. The van der Waals surface area contributed by atoms with Crippen molar-refractivity contribution < 1.29 is 17.6 Å². The van der Waals surface area contributed by atoms with Crippen LogP contribution in [0.25, 0.3) is 11.3 Å². The van der Waals surface area contributed by atoms with Crippen molar-refractivity contribution in [2.24, 2.45) is 0 Å². The number of rotatable bonds is 4. The van der Waals surface area contributed by atoms with Gasteiger partial charge in [-0.1, -0.05) is 19.1 Å². The molecule has 0 fully saturated rings. The average molecular weight is 270 g/mol. The predicted octanol–water partition coefficient (Wildman–Crippen LogP) is 3.47. The summed E-state index contributed by atoms with van der Waals surface area (Å²) in [6.07, 6.45) is -3.12. The molecule has 0 bridgehead atoms. The molecule has 1 aromatic carbocycles. The highest BCUT2D eigenvalue weighted by Gasteiger charge is 2.30. The minimum Gasteiger partial charge on any atom is -0.443 e. The summed E-state index contributed by atoms with van der Waals surface area (Å²) < 4.78 is 43.2. The number of aromatic nitrogens is 1. The molecule has 19 heavy (non-hydrogen) atoms. The Kier molecular flexibility index (Phi) is 3.90. The van der Waals surface area contributed by atoms with Crippen LogP contribution in [0, 0.1) is 0 Å². The molecular weight excluding hydrogens is 257 g/mol. The first kappa shape index (κ1) is 13.6. The molecule has 1 aromatic heterocycles. The Labute approximate surface area is 108 Å². The fourth-order valence-corrected chi connectivity index (χ4v) is 1.71. The Bertz CT molecular complexity index is 549. The van der Waals surface area contributed by atoms with Gasteiger partial charge in [-0.2, -0.15) is 13.2 Å². The van der Waals surface area contributed by atoms with Crippen molar-refractivity contribution in [2.45, 2.75) is 19.6 Å². The summed E-state index contributed by atoms with van der Waals surface area (Å²) in [6, 6.07) is 5.03. The van der Waals surface area contributed by atoms with Crippen LogP contribution in [-0.2, 0) is 12.7 Å². The monoisotopic (exact) mass is 270 g/mol. The second-order valence-corrected chi connectivity index (χ2v) is 3.99. The molecule has 6 heteroatoms. The number of benzene rings is 1. The summed E-state index contributed by atoms with van der Waals surface area (Å²) in [6.45, 7) is 3.14. The maximum atomic E-state index is 12.7. The van der Waals surface area contributed by atoms with Gasteiger partial charge in [0, 0.05) is 12.1 Å². The minimum atomic E-state index is -4.36. The van der Waals surface area contributed by atoms with Gasteiger partial charge >= 0.3 is 6.18 Å². The zero-order valence-corrected chi connectivity index (χ0v) is 10.3. The van der Waals surface area contributed by atoms with Crippen molar-refractivity contribution in [2.75, 3.05) is 6.54 Å². The van der Waals surface area contributed by atoms with Crippen LogP contribution in [0.1, 0.15) is 18.2 Å². The molecule has 1 N–H and O–H groups in total. The van der Waals surface area contributed by atoms with Crippen molar-refractivity contribution in [1.82, 2.24) is 10.3 Å². The lowest BCUT2D eigenvalue weighted by molar-refractivity contribution is -0.137. The minimum absolute atomic E-state index is 0.368. The van der Waals surface area contributed by atoms with E-state index in [9.17, 15) is 13.2 Å². The highest BCUT2D eigenvalue weighted by atomic mass is 19.4. The van der Waals surface area contributed by atoms with Crippen LogP contribution in [0.5, 0.6) is 0 Å². The second-order valence-electron chi connectivity index (χ2n) is 3.99. The Morgan fingerprint density at radius 3 is 2.79 bits per heavy atom. The second kappa shape index (κ2) is 5.44. The molecular formula is C13H13F3N2O. The third-order valence-electron chi connectivity index (χ3n) is 2.64. The van der Waals surface area contributed by atoms with Crippen LogP contribution in [0.4, 0.5) is 13.2 Å². The number of hydrogen-bond acceptors (Lipinski definition) is 3. The van der Waals surface area contributed by atoms with Crippen molar-refractivity contribution in [3.8, 4) is 11.3 Å². The summed E-state index contributed by atoms with van der Waals surface area (Å²) in [5.74, 6) is 0.368. The number of halogens is 3. The summed E-state index contributed by atoms with van der Waals surface area (Å²) in [5, 5.41) is 3.06. The Hall–Kier alpha value is -1.82. The van der Waals surface area contributed by atoms with Gasteiger partial charge in [0.15, 0.2) is 12.2 Å². The van der Waals surface area contributed by atoms with Gasteiger partial charge in [0.2, 0.25) is 0 Å². The van der Waals surface area contributed by atoms with Gasteiger partial charge in [-0.25, -0.2) is 4.98 Å². The first-order chi connectivity index (χ1) is 9.02. The van der Waals surface area contributed by atoms with Crippen LogP contribution in [0.15, 0.2) is 35.1 Å². The molecule has 2 aromatic rings. The van der Waals surface area contributed by atoms with Crippen LogP contribution < -0.4 is 5.32 Å². The fourth-order valence-electron chi connectivity index (χ4n) is 1.71. The fraction of sp³-hybridized carbons (Fsp3) is 0.308. The molecule has 0 amide bonds. The van der Waals surface area contributed by atoms with E-state index in [4.69, 9.17) is 4.42 Å². The predicted molar refractivity (Wildman–Crippen MR) is 64.3 cm³/mol. The number of alkyl halides is 3. The van der Waals surface area contributed by atoms with E-state index < -0.39 is 11.7 Å². The van der Waals surface area contributed by atoms with E-state index in [1.54, 1.807) is 6.07 Å². The highest BCUT2D eigenvalue weighted by Crippen LogP contribution is 2.32. The first-order valence-corrected chi connectivity index (χ1v) is 5.83. The molecule has 3 nitrogen and oxygen atoms in total. The van der Waals surface area contributed by atoms with E-state index in [2.05, 4.69) is 10.3 Å². The molecule has 0 aliphatic carbocycles. The standard InChI is InChI=1S/C13H13F3N2O/c1-2-17-7-11-12(19-8-18-11)9-4-3-5-10(6-9)13(14,15)16/h3-6,8,17H,2,7H2,1H3. The average Bonchev–Trinajstić information content (AvgIpc) is 2.83. The number of nitrogens with one attached hydrogen (secondary N) is 1. The van der Waals surface area contributed by atoms with E-state index >= 15 is 0 Å². The van der Waals surface area contributed by atoms with Crippen molar-refractivity contribution in [1.29, 1.82) is 0 Å². The molecule has 0 radical (unpaired) electrons. The summed E-state index contributed by atoms with van der Waals surface area (Å²) in [7, 11) is 0. The first-order valence-electron chi connectivity index (χ1n) is 5.83. The smallest absolute Gasteiger partial charge is 0.416 e. The molecule has 1 heterocycles. The zero-order chi connectivity index (χ0) is 13.9. The third kappa shape index (κ3) is 3.14. The normalized spacial score (nSPS) is 11.8. The Morgan fingerprint density at radius 1 is 1.32 bits per heavy atom. The topological polar surface area (TPSA) is 38.1 Å². The number of oxazole rings is 1. The molecule has 0 spiro atoms. The molecule has 102 valence electrons. The summed E-state index contributed by atoms with van der Waals surface area (Å²) in [4.78, 5) is 4.01. The zero-order valence-electron chi connectivity index (χ0n) is 10.3. The van der Waals surface area contributed by atoms with Gasteiger partial charge in [0.1, 0.15) is 5.69 Å².